The molecule has 2 aromatic carbocycles. The zero-order valence-corrected chi connectivity index (χ0v) is 20.2. The van der Waals surface area contributed by atoms with Gasteiger partial charge in [-0.15, -0.1) is 0 Å². The van der Waals surface area contributed by atoms with Crippen molar-refractivity contribution in [1.82, 2.24) is 9.97 Å². The Hall–Kier alpha value is -1.47. The molecule has 0 unspecified atom stereocenters. The van der Waals surface area contributed by atoms with Crippen molar-refractivity contribution in [3.8, 4) is 22.4 Å². The van der Waals surface area contributed by atoms with Gasteiger partial charge in [0.1, 0.15) is 0 Å². The standard InChI is InChI=1S/C16H11N2.2C2H6.C2H3.V.W/c1-3-7-13(8-4-1)15-11-17-12-18-16(15)14-9-5-2-6-10-14;3*1-2;;/h1-11H;2*1-2H3;1H,2H2;;/q-1;;;-1;;. The van der Waals surface area contributed by atoms with E-state index >= 15 is 0 Å². The fourth-order valence-corrected chi connectivity index (χ4v) is 1.94. The molecule has 0 atom stereocenters. The summed E-state index contributed by atoms with van der Waals surface area (Å²) in [5.74, 6) is 0. The van der Waals surface area contributed by atoms with E-state index in [1.165, 1.54) is 0 Å². The van der Waals surface area contributed by atoms with Crippen LogP contribution in [0.25, 0.3) is 22.4 Å². The van der Waals surface area contributed by atoms with Crippen molar-refractivity contribution in [1.29, 1.82) is 0 Å². The second-order valence-corrected chi connectivity index (χ2v) is 3.96. The van der Waals surface area contributed by atoms with Gasteiger partial charge in [0.25, 0.3) is 0 Å². The predicted octanol–water partition coefficient (Wildman–Crippen LogP) is 6.26. The van der Waals surface area contributed by atoms with Gasteiger partial charge in [-0.05, 0) is 11.3 Å². The Bertz CT molecular complexity index is 603. The molecule has 2 nitrogen and oxygen atoms in total. The minimum absolute atomic E-state index is 0. The number of aromatic nitrogens is 2. The fraction of sp³-hybridized carbons (Fsp3) is 0.182. The van der Waals surface area contributed by atoms with Crippen LogP contribution in [-0.2, 0) is 39.6 Å². The third-order valence-corrected chi connectivity index (χ3v) is 2.80. The maximum absolute atomic E-state index is 4.29. The van der Waals surface area contributed by atoms with Gasteiger partial charge in [-0.25, -0.2) is 0 Å². The molecule has 0 saturated heterocycles. The average Bonchev–Trinajstić information content (AvgIpc) is 2.74. The van der Waals surface area contributed by atoms with E-state index in [4.69, 9.17) is 0 Å². The van der Waals surface area contributed by atoms with Crippen molar-refractivity contribution in [3.05, 3.63) is 86.3 Å². The molecule has 0 aliphatic rings. The Morgan fingerprint density at radius 3 is 1.65 bits per heavy atom. The van der Waals surface area contributed by atoms with Gasteiger partial charge in [0.2, 0.25) is 0 Å². The molecule has 137 valence electrons. The van der Waals surface area contributed by atoms with E-state index in [0.717, 1.165) is 22.4 Å². The Morgan fingerprint density at radius 2 is 1.19 bits per heavy atom. The van der Waals surface area contributed by atoms with Crippen molar-refractivity contribution in [2.24, 2.45) is 0 Å². The first-order chi connectivity index (χ1) is 11.9. The first-order valence-electron chi connectivity index (χ1n) is 8.20. The normalized spacial score (nSPS) is 7.69. The number of benzene rings is 2. The van der Waals surface area contributed by atoms with Gasteiger partial charge in [0, 0.05) is 45.9 Å². The molecule has 0 spiro atoms. The summed E-state index contributed by atoms with van der Waals surface area (Å²) in [5, 5.41) is 0. The van der Waals surface area contributed by atoms with Crippen LogP contribution in [0.2, 0.25) is 0 Å². The van der Waals surface area contributed by atoms with E-state index in [1.807, 2.05) is 82.4 Å². The number of nitrogens with zero attached hydrogens (tertiary/aromatic N) is 2. The molecule has 0 fully saturated rings. The van der Waals surface area contributed by atoms with Crippen molar-refractivity contribution >= 4 is 0 Å². The molecular formula is C22H26N2VW-2. The van der Waals surface area contributed by atoms with Crippen LogP contribution in [-0.4, -0.2) is 9.97 Å². The summed E-state index contributed by atoms with van der Waals surface area (Å²) in [6.07, 6.45) is 4.48. The Balaban J connectivity index is -0.000000604. The predicted molar refractivity (Wildman–Crippen MR) is 104 cm³/mol. The molecule has 3 rings (SSSR count). The van der Waals surface area contributed by atoms with E-state index in [-0.39, 0.29) is 39.6 Å². The summed E-state index contributed by atoms with van der Waals surface area (Å²) in [4.78, 5) is 8.30. The number of rotatable bonds is 2. The summed E-state index contributed by atoms with van der Waals surface area (Å²) in [7, 11) is 0. The minimum Gasteiger partial charge on any atom is -0.521 e. The SMILES string of the molecule is CC.CC.[CH-]=C.[V].[W].[c-]1ncc(-c2ccccc2)c(-c2ccccc2)n1. The largest absolute Gasteiger partial charge is 0.521 e. The average molecular weight is 553 g/mol. The summed E-state index contributed by atoms with van der Waals surface area (Å²) in [6, 6.07) is 20.2. The van der Waals surface area contributed by atoms with Crippen LogP contribution < -0.4 is 0 Å². The molecule has 4 heteroatoms. The van der Waals surface area contributed by atoms with Gasteiger partial charge in [-0.2, -0.15) is 0 Å². The maximum atomic E-state index is 4.29. The van der Waals surface area contributed by atoms with Crippen molar-refractivity contribution in [2.75, 3.05) is 0 Å². The van der Waals surface area contributed by atoms with Gasteiger partial charge in [-0.1, -0.05) is 106 Å². The zero-order chi connectivity index (χ0) is 18.2. The molecule has 0 amide bonds. The van der Waals surface area contributed by atoms with Gasteiger partial charge in [-0.3, -0.25) is 6.58 Å². The van der Waals surface area contributed by atoms with Crippen LogP contribution in [0.1, 0.15) is 27.7 Å². The van der Waals surface area contributed by atoms with E-state index in [2.05, 4.69) is 41.6 Å². The van der Waals surface area contributed by atoms with Crippen LogP contribution in [0.3, 0.4) is 0 Å². The molecule has 0 saturated carbocycles. The molecule has 0 N–H and O–H groups in total. The van der Waals surface area contributed by atoms with Crippen molar-refractivity contribution < 1.29 is 39.6 Å². The van der Waals surface area contributed by atoms with Crippen molar-refractivity contribution in [3.63, 3.8) is 0 Å². The molecule has 3 aromatic rings. The van der Waals surface area contributed by atoms with Crippen LogP contribution in [0.4, 0.5) is 0 Å². The maximum Gasteiger partial charge on any atom is 0.0219 e. The van der Waals surface area contributed by atoms with Gasteiger partial charge >= 0.3 is 0 Å². The molecule has 0 bridgehead atoms. The van der Waals surface area contributed by atoms with Crippen LogP contribution in [0.15, 0.2) is 73.4 Å². The molecule has 0 aliphatic heterocycles. The molecule has 26 heavy (non-hydrogen) atoms. The smallest absolute Gasteiger partial charge is 0.0219 e. The molecule has 1 radical (unpaired) electrons. The molecular weight excluding hydrogens is 527 g/mol. The summed E-state index contributed by atoms with van der Waals surface area (Å²) in [6.45, 7) is 15.0. The Kier molecular flexibility index (Phi) is 22.4. The van der Waals surface area contributed by atoms with Crippen molar-refractivity contribution in [2.45, 2.75) is 27.7 Å². The fourth-order valence-electron chi connectivity index (χ4n) is 1.94. The second kappa shape index (κ2) is 19.9. The third kappa shape index (κ3) is 9.29. The van der Waals surface area contributed by atoms with Gasteiger partial charge in [0.05, 0.1) is 0 Å². The number of hydrogen-bond acceptors (Lipinski definition) is 2. The van der Waals surface area contributed by atoms with Gasteiger partial charge in [0.15, 0.2) is 0 Å². The minimum atomic E-state index is 0. The Morgan fingerprint density at radius 1 is 0.769 bits per heavy atom. The second-order valence-electron chi connectivity index (χ2n) is 3.96. The van der Waals surface area contributed by atoms with E-state index in [1.54, 1.807) is 0 Å². The molecule has 1 aromatic heterocycles. The first-order valence-corrected chi connectivity index (χ1v) is 8.20. The summed E-state index contributed by atoms with van der Waals surface area (Å²) >= 11 is 0. The van der Waals surface area contributed by atoms with E-state index in [9.17, 15) is 0 Å². The monoisotopic (exact) mass is 553 g/mol. The number of hydrogen-bond donors (Lipinski definition) is 0. The van der Waals surface area contributed by atoms with Crippen LogP contribution >= 0.6 is 0 Å². The third-order valence-electron chi connectivity index (χ3n) is 2.80. The Labute approximate surface area is 185 Å². The van der Waals surface area contributed by atoms with Crippen LogP contribution in [0, 0.1) is 12.9 Å². The van der Waals surface area contributed by atoms with E-state index < -0.39 is 0 Å². The quantitative estimate of drug-likeness (QED) is 0.350. The first kappa shape index (κ1) is 29.3. The van der Waals surface area contributed by atoms with Gasteiger partial charge < -0.3 is 16.5 Å². The van der Waals surface area contributed by atoms with Crippen LogP contribution in [0.5, 0.6) is 0 Å². The zero-order valence-electron chi connectivity index (χ0n) is 15.9. The van der Waals surface area contributed by atoms with E-state index in [0.29, 0.717) is 0 Å². The topological polar surface area (TPSA) is 25.8 Å². The summed E-state index contributed by atoms with van der Waals surface area (Å²) in [5.41, 5.74) is 4.14. The summed E-state index contributed by atoms with van der Waals surface area (Å²) < 4.78 is 0. The molecule has 1 heterocycles. The molecule has 0 aliphatic carbocycles.